The number of hydrogen-bond acceptors (Lipinski definition) is 2. The summed E-state index contributed by atoms with van der Waals surface area (Å²) >= 11 is 0. The minimum absolute atomic E-state index is 0.0697. The van der Waals surface area contributed by atoms with Crippen LogP contribution in [0.2, 0.25) is 0 Å². The van der Waals surface area contributed by atoms with Crippen molar-refractivity contribution in [1.82, 2.24) is 4.98 Å². The Morgan fingerprint density at radius 2 is 1.95 bits per heavy atom. The number of aromatic nitrogens is 1. The molecule has 0 N–H and O–H groups in total. The van der Waals surface area contributed by atoms with Crippen molar-refractivity contribution in [2.24, 2.45) is 0 Å². The predicted molar refractivity (Wildman–Crippen MR) is 83.9 cm³/mol. The summed E-state index contributed by atoms with van der Waals surface area (Å²) in [5, 5.41) is 0. The van der Waals surface area contributed by atoms with Crippen LogP contribution in [0.3, 0.4) is 0 Å². The minimum Gasteiger partial charge on any atom is -0.491 e. The lowest BCUT2D eigenvalue weighted by Gasteiger charge is -2.09. The lowest BCUT2D eigenvalue weighted by molar-refractivity contribution is 0.314. The molecule has 0 unspecified atom stereocenters. The first kappa shape index (κ1) is 16.1. The normalized spacial score (nSPS) is 11.1. The molecule has 4 heteroatoms. The van der Waals surface area contributed by atoms with E-state index in [0.29, 0.717) is 5.56 Å². The first-order valence-corrected chi connectivity index (χ1v) is 7.34. The van der Waals surface area contributed by atoms with Crippen LogP contribution in [0.4, 0.5) is 8.78 Å². The average molecular weight is 303 g/mol. The Kier molecular flexibility index (Phi) is 5.64. The number of rotatable bonds is 6. The second-order valence-corrected chi connectivity index (χ2v) is 4.82. The molecule has 0 saturated carbocycles. The van der Waals surface area contributed by atoms with E-state index in [1.54, 1.807) is 19.2 Å². The zero-order chi connectivity index (χ0) is 15.9. The van der Waals surface area contributed by atoms with E-state index in [1.165, 1.54) is 12.1 Å². The molecule has 0 radical (unpaired) electrons. The number of halogens is 2. The minimum atomic E-state index is -0.962. The maximum Gasteiger partial charge on any atom is 0.201 e. The van der Waals surface area contributed by atoms with Gasteiger partial charge >= 0.3 is 0 Å². The van der Waals surface area contributed by atoms with Crippen LogP contribution < -0.4 is 4.74 Å². The molecule has 22 heavy (non-hydrogen) atoms. The van der Waals surface area contributed by atoms with Crippen molar-refractivity contribution in [2.45, 2.75) is 26.7 Å². The largest absolute Gasteiger partial charge is 0.491 e. The molecule has 2 aromatic rings. The van der Waals surface area contributed by atoms with Gasteiger partial charge in [0.1, 0.15) is 0 Å². The summed E-state index contributed by atoms with van der Waals surface area (Å²) < 4.78 is 33.1. The number of aryl methyl sites for hydroxylation is 1. The van der Waals surface area contributed by atoms with Gasteiger partial charge < -0.3 is 4.74 Å². The molecule has 0 amide bonds. The summed E-state index contributed by atoms with van der Waals surface area (Å²) in [6.45, 7) is 3.99. The summed E-state index contributed by atoms with van der Waals surface area (Å²) in [5.41, 5.74) is 1.66. The van der Waals surface area contributed by atoms with Crippen molar-refractivity contribution in [2.75, 3.05) is 6.61 Å². The monoisotopic (exact) mass is 303 g/mol. The molecule has 1 heterocycles. The highest BCUT2D eigenvalue weighted by Gasteiger charge is 2.15. The Morgan fingerprint density at radius 1 is 1.14 bits per heavy atom. The second-order valence-electron chi connectivity index (χ2n) is 4.82. The van der Waals surface area contributed by atoms with Crippen molar-refractivity contribution in [3.8, 4) is 16.9 Å². The van der Waals surface area contributed by atoms with Crippen molar-refractivity contribution in [3.63, 3.8) is 0 Å². The van der Waals surface area contributed by atoms with Crippen LogP contribution in [0.5, 0.6) is 5.75 Å². The molecule has 0 spiro atoms. The molecule has 0 saturated heterocycles. The fraction of sp³-hybridized carbons (Fsp3) is 0.278. The molecule has 0 aliphatic carbocycles. The second kappa shape index (κ2) is 7.69. The summed E-state index contributed by atoms with van der Waals surface area (Å²) in [6.07, 6.45) is 7.37. The van der Waals surface area contributed by atoms with E-state index in [4.69, 9.17) is 4.74 Å². The number of allylic oxidation sites excluding steroid dienone is 2. The zero-order valence-electron chi connectivity index (χ0n) is 12.8. The Bertz CT molecular complexity index is 651. The standard InChI is InChI=1S/C18H19F2NO/c1-3-5-6-7-14-9-8-13(12-21-14)15-10-11-16(22-4-2)18(20)17(15)19/h3,5,8-12H,4,6-7H2,1-2H3. The molecule has 0 aliphatic heterocycles. The van der Waals surface area contributed by atoms with Crippen molar-refractivity contribution in [1.29, 1.82) is 0 Å². The van der Waals surface area contributed by atoms with Gasteiger partial charge in [-0.15, -0.1) is 0 Å². The lowest BCUT2D eigenvalue weighted by atomic mass is 10.1. The Balaban J connectivity index is 2.23. The Labute approximate surface area is 129 Å². The van der Waals surface area contributed by atoms with Gasteiger partial charge in [-0.25, -0.2) is 4.39 Å². The van der Waals surface area contributed by atoms with Gasteiger partial charge in [-0.05, 0) is 44.9 Å². The van der Waals surface area contributed by atoms with Gasteiger partial charge in [-0.2, -0.15) is 4.39 Å². The maximum atomic E-state index is 14.1. The fourth-order valence-electron chi connectivity index (χ4n) is 2.15. The molecule has 0 aliphatic rings. The van der Waals surface area contributed by atoms with Gasteiger partial charge in [0.2, 0.25) is 5.82 Å². The van der Waals surface area contributed by atoms with E-state index in [1.807, 2.05) is 19.1 Å². The quantitative estimate of drug-likeness (QED) is 0.706. The van der Waals surface area contributed by atoms with E-state index in [2.05, 4.69) is 11.1 Å². The smallest absolute Gasteiger partial charge is 0.201 e. The number of benzene rings is 1. The van der Waals surface area contributed by atoms with E-state index in [0.717, 1.165) is 18.5 Å². The number of nitrogens with zero attached hydrogens (tertiary/aromatic N) is 1. The molecule has 0 bridgehead atoms. The van der Waals surface area contributed by atoms with Crippen molar-refractivity contribution < 1.29 is 13.5 Å². The summed E-state index contributed by atoms with van der Waals surface area (Å²) in [7, 11) is 0. The highest BCUT2D eigenvalue weighted by Crippen LogP contribution is 2.29. The van der Waals surface area contributed by atoms with Gasteiger partial charge in [-0.1, -0.05) is 18.2 Å². The topological polar surface area (TPSA) is 22.1 Å². The van der Waals surface area contributed by atoms with E-state index >= 15 is 0 Å². The first-order valence-electron chi connectivity index (χ1n) is 7.34. The summed E-state index contributed by atoms with van der Waals surface area (Å²) in [4.78, 5) is 4.30. The summed E-state index contributed by atoms with van der Waals surface area (Å²) in [5.74, 6) is -1.94. The highest BCUT2D eigenvalue weighted by atomic mass is 19.2. The molecular weight excluding hydrogens is 284 g/mol. The molecule has 2 rings (SSSR count). The lowest BCUT2D eigenvalue weighted by Crippen LogP contribution is -1.99. The molecular formula is C18H19F2NO. The van der Waals surface area contributed by atoms with Crippen LogP contribution in [0.15, 0.2) is 42.6 Å². The molecule has 1 aromatic heterocycles. The SMILES string of the molecule is CC=CCCc1ccc(-c2ccc(OCC)c(F)c2F)cn1. The Hall–Kier alpha value is -2.23. The average Bonchev–Trinajstić information content (AvgIpc) is 2.53. The molecule has 2 nitrogen and oxygen atoms in total. The Morgan fingerprint density at radius 3 is 2.59 bits per heavy atom. The van der Waals surface area contributed by atoms with Gasteiger partial charge in [0.25, 0.3) is 0 Å². The van der Waals surface area contributed by atoms with Crippen LogP contribution in [-0.4, -0.2) is 11.6 Å². The van der Waals surface area contributed by atoms with Crippen LogP contribution in [0.1, 0.15) is 26.0 Å². The van der Waals surface area contributed by atoms with Crippen LogP contribution >= 0.6 is 0 Å². The third kappa shape index (κ3) is 3.70. The third-order valence-corrected chi connectivity index (χ3v) is 3.29. The van der Waals surface area contributed by atoms with E-state index < -0.39 is 11.6 Å². The predicted octanol–water partition coefficient (Wildman–Crippen LogP) is 4.93. The molecule has 116 valence electrons. The first-order chi connectivity index (χ1) is 10.7. The van der Waals surface area contributed by atoms with Gasteiger partial charge in [-0.3, -0.25) is 4.98 Å². The van der Waals surface area contributed by atoms with E-state index in [-0.39, 0.29) is 17.9 Å². The number of hydrogen-bond donors (Lipinski definition) is 0. The van der Waals surface area contributed by atoms with Gasteiger partial charge in [0, 0.05) is 23.0 Å². The van der Waals surface area contributed by atoms with Crippen LogP contribution in [-0.2, 0) is 6.42 Å². The molecule has 0 fully saturated rings. The van der Waals surface area contributed by atoms with Crippen LogP contribution in [0, 0.1) is 11.6 Å². The van der Waals surface area contributed by atoms with Crippen LogP contribution in [0.25, 0.3) is 11.1 Å². The fourth-order valence-corrected chi connectivity index (χ4v) is 2.15. The maximum absolute atomic E-state index is 14.1. The highest BCUT2D eigenvalue weighted by molar-refractivity contribution is 5.64. The number of pyridine rings is 1. The van der Waals surface area contributed by atoms with Crippen molar-refractivity contribution >= 4 is 0 Å². The number of ether oxygens (including phenoxy) is 1. The van der Waals surface area contributed by atoms with Gasteiger partial charge in [0.05, 0.1) is 6.61 Å². The van der Waals surface area contributed by atoms with Gasteiger partial charge in [0.15, 0.2) is 11.6 Å². The summed E-state index contributed by atoms with van der Waals surface area (Å²) in [6, 6.07) is 6.56. The third-order valence-electron chi connectivity index (χ3n) is 3.29. The van der Waals surface area contributed by atoms with Crippen molar-refractivity contribution in [3.05, 3.63) is 59.9 Å². The molecule has 1 aromatic carbocycles. The molecule has 0 atom stereocenters. The zero-order valence-corrected chi connectivity index (χ0v) is 12.8. The van der Waals surface area contributed by atoms with E-state index in [9.17, 15) is 8.78 Å².